The fourth-order valence-electron chi connectivity index (χ4n) is 2.45. The molecule has 0 fully saturated rings. The van der Waals surface area contributed by atoms with Crippen molar-refractivity contribution in [2.75, 3.05) is 5.32 Å². The molecule has 4 rings (SSSR count). The van der Waals surface area contributed by atoms with E-state index in [1.807, 2.05) is 13.8 Å². The maximum absolute atomic E-state index is 13.1. The zero-order valence-corrected chi connectivity index (χ0v) is 16.6. The number of carbonyl (C=O) groups excluding carboxylic acids is 2. The second-order valence-corrected chi connectivity index (χ2v) is 8.06. The predicted octanol–water partition coefficient (Wildman–Crippen LogP) is 4.35. The van der Waals surface area contributed by atoms with Crippen molar-refractivity contribution < 1.29 is 14.0 Å². The van der Waals surface area contributed by atoms with Gasteiger partial charge in [0.05, 0.1) is 12.0 Å². The van der Waals surface area contributed by atoms with Crippen molar-refractivity contribution in [1.82, 2.24) is 15.0 Å². The summed E-state index contributed by atoms with van der Waals surface area (Å²) in [5.74, 6) is -0.120. The Bertz CT molecular complexity index is 1130. The van der Waals surface area contributed by atoms with E-state index in [1.54, 1.807) is 24.3 Å². The monoisotopic (exact) mass is 410 g/mol. The average molecular weight is 410 g/mol. The van der Waals surface area contributed by atoms with Crippen molar-refractivity contribution in [3.05, 3.63) is 68.9 Å². The highest BCUT2D eigenvalue weighted by molar-refractivity contribution is 7.20. The molecule has 4 aromatic rings. The van der Waals surface area contributed by atoms with Gasteiger partial charge in [-0.1, -0.05) is 11.3 Å². The van der Waals surface area contributed by atoms with Gasteiger partial charge in [0.15, 0.2) is 15.9 Å². The highest BCUT2D eigenvalue weighted by atomic mass is 32.1. The third-order valence-electron chi connectivity index (χ3n) is 3.97. The van der Waals surface area contributed by atoms with Crippen molar-refractivity contribution in [1.29, 1.82) is 0 Å². The molecule has 4 aromatic heterocycles. The van der Waals surface area contributed by atoms with E-state index < -0.39 is 0 Å². The molecule has 0 aliphatic rings. The third kappa shape index (κ3) is 3.49. The van der Waals surface area contributed by atoms with Gasteiger partial charge in [-0.2, -0.15) is 0 Å². The summed E-state index contributed by atoms with van der Waals surface area (Å²) in [4.78, 5) is 39.5. The van der Waals surface area contributed by atoms with Crippen LogP contribution in [0.2, 0.25) is 0 Å². The number of nitrogens with one attached hydrogen (secondary N) is 1. The standard InChI is InChI=1S/C19H14N4O3S2/c1-10-11(2)27-18(21-10)15(24)16-14(13-4-3-9-26-13)22-19(28-16)23-17(25)12-5-7-20-8-6-12/h3-9H,1-2H3,(H,22,23,25). The van der Waals surface area contributed by atoms with Crippen LogP contribution < -0.4 is 5.32 Å². The number of carbonyl (C=O) groups is 2. The SMILES string of the molecule is Cc1nc(C(=O)c2sc(NC(=O)c3ccncc3)nc2-c2ccco2)sc1C. The molecule has 4 heterocycles. The van der Waals surface area contributed by atoms with Gasteiger partial charge < -0.3 is 4.42 Å². The van der Waals surface area contributed by atoms with Crippen molar-refractivity contribution in [2.45, 2.75) is 13.8 Å². The fourth-order valence-corrected chi connectivity index (χ4v) is 4.28. The minimum absolute atomic E-state index is 0.241. The number of pyridine rings is 1. The molecule has 0 aliphatic carbocycles. The molecule has 0 spiro atoms. The van der Waals surface area contributed by atoms with Crippen molar-refractivity contribution in [3.8, 4) is 11.5 Å². The first-order valence-corrected chi connectivity index (χ1v) is 9.91. The topological polar surface area (TPSA) is 98.0 Å². The van der Waals surface area contributed by atoms with Gasteiger partial charge in [0.2, 0.25) is 5.78 Å². The molecular weight excluding hydrogens is 396 g/mol. The Morgan fingerprint density at radius 1 is 1.07 bits per heavy atom. The lowest BCUT2D eigenvalue weighted by molar-refractivity contribution is 0.102. The summed E-state index contributed by atoms with van der Waals surface area (Å²) in [5, 5.41) is 3.43. The maximum atomic E-state index is 13.1. The second kappa shape index (κ2) is 7.45. The Morgan fingerprint density at radius 2 is 1.86 bits per heavy atom. The third-order valence-corrected chi connectivity index (χ3v) is 6.01. The van der Waals surface area contributed by atoms with Crippen molar-refractivity contribution >= 4 is 39.5 Å². The lowest BCUT2D eigenvalue weighted by Gasteiger charge is -2.00. The van der Waals surface area contributed by atoms with Crippen molar-refractivity contribution in [3.63, 3.8) is 0 Å². The molecule has 0 unspecified atom stereocenters. The van der Waals surface area contributed by atoms with E-state index in [4.69, 9.17) is 4.42 Å². The summed E-state index contributed by atoms with van der Waals surface area (Å²) in [5.41, 5.74) is 1.66. The molecule has 0 radical (unpaired) electrons. The van der Waals surface area contributed by atoms with E-state index in [2.05, 4.69) is 20.3 Å². The molecule has 0 saturated heterocycles. The van der Waals surface area contributed by atoms with Crippen LogP contribution in [0.25, 0.3) is 11.5 Å². The Kier molecular flexibility index (Phi) is 4.84. The number of thiazole rings is 2. The smallest absolute Gasteiger partial charge is 0.257 e. The Balaban J connectivity index is 1.71. The van der Waals surface area contributed by atoms with E-state index in [-0.39, 0.29) is 11.7 Å². The molecule has 0 atom stereocenters. The number of hydrogen-bond acceptors (Lipinski definition) is 8. The van der Waals surface area contributed by atoms with Gasteiger partial charge in [-0.3, -0.25) is 19.9 Å². The van der Waals surface area contributed by atoms with Crippen LogP contribution in [0.3, 0.4) is 0 Å². The molecule has 140 valence electrons. The summed E-state index contributed by atoms with van der Waals surface area (Å²) in [6, 6.07) is 6.64. The molecule has 7 nitrogen and oxygen atoms in total. The summed E-state index contributed by atoms with van der Waals surface area (Å²) < 4.78 is 5.43. The van der Waals surface area contributed by atoms with Gasteiger partial charge in [0.25, 0.3) is 5.91 Å². The molecule has 0 aromatic carbocycles. The number of anilines is 1. The minimum atomic E-state index is -0.331. The lowest BCUT2D eigenvalue weighted by Crippen LogP contribution is -2.11. The molecule has 0 saturated carbocycles. The quantitative estimate of drug-likeness (QED) is 0.491. The van der Waals surface area contributed by atoms with Crippen LogP contribution in [-0.4, -0.2) is 26.6 Å². The number of hydrogen-bond donors (Lipinski definition) is 1. The molecular formula is C19H14N4O3S2. The lowest BCUT2D eigenvalue weighted by atomic mass is 10.2. The number of rotatable bonds is 5. The van der Waals surface area contributed by atoms with E-state index in [1.165, 1.54) is 30.0 Å². The predicted molar refractivity (Wildman–Crippen MR) is 107 cm³/mol. The van der Waals surface area contributed by atoms with E-state index in [0.717, 1.165) is 21.9 Å². The highest BCUT2D eigenvalue weighted by Gasteiger charge is 2.25. The van der Waals surface area contributed by atoms with Gasteiger partial charge in [0, 0.05) is 22.8 Å². The molecule has 28 heavy (non-hydrogen) atoms. The zero-order valence-electron chi connectivity index (χ0n) is 14.9. The number of amides is 1. The van der Waals surface area contributed by atoms with Crippen LogP contribution >= 0.6 is 22.7 Å². The van der Waals surface area contributed by atoms with Crippen LogP contribution in [-0.2, 0) is 0 Å². The van der Waals surface area contributed by atoms with Crippen LogP contribution in [0.5, 0.6) is 0 Å². The van der Waals surface area contributed by atoms with Gasteiger partial charge in [-0.25, -0.2) is 9.97 Å². The highest BCUT2D eigenvalue weighted by Crippen LogP contribution is 2.34. The normalized spacial score (nSPS) is 10.8. The Labute approximate surface area is 168 Å². The largest absolute Gasteiger partial charge is 0.463 e. The van der Waals surface area contributed by atoms with E-state index in [9.17, 15) is 9.59 Å². The van der Waals surface area contributed by atoms with Crippen LogP contribution in [0, 0.1) is 13.8 Å². The Morgan fingerprint density at radius 3 is 2.50 bits per heavy atom. The number of aromatic nitrogens is 3. The first-order valence-electron chi connectivity index (χ1n) is 8.27. The molecule has 9 heteroatoms. The fraction of sp³-hybridized carbons (Fsp3) is 0.105. The van der Waals surface area contributed by atoms with Crippen LogP contribution in [0.4, 0.5) is 5.13 Å². The summed E-state index contributed by atoms with van der Waals surface area (Å²) >= 11 is 2.43. The number of nitrogens with zero attached hydrogens (tertiary/aromatic N) is 3. The Hall–Kier alpha value is -3.17. The number of furan rings is 1. The summed E-state index contributed by atoms with van der Waals surface area (Å²) in [6.45, 7) is 3.79. The van der Waals surface area contributed by atoms with E-state index >= 15 is 0 Å². The zero-order chi connectivity index (χ0) is 19.7. The average Bonchev–Trinajstić information content (AvgIpc) is 3.43. The van der Waals surface area contributed by atoms with Crippen molar-refractivity contribution in [2.24, 2.45) is 0 Å². The van der Waals surface area contributed by atoms with Crippen LogP contribution in [0.15, 0.2) is 47.3 Å². The number of aryl methyl sites for hydroxylation is 2. The molecule has 1 N–H and O–H groups in total. The second-order valence-electron chi connectivity index (χ2n) is 5.85. The van der Waals surface area contributed by atoms with E-state index in [0.29, 0.717) is 32.0 Å². The first kappa shape index (κ1) is 18.2. The van der Waals surface area contributed by atoms with Crippen LogP contribution in [0.1, 0.15) is 35.6 Å². The van der Waals surface area contributed by atoms with Gasteiger partial charge in [-0.05, 0) is 38.1 Å². The molecule has 0 aliphatic heterocycles. The summed E-state index contributed by atoms with van der Waals surface area (Å²) in [7, 11) is 0. The molecule has 1 amide bonds. The van der Waals surface area contributed by atoms with Gasteiger partial charge in [-0.15, -0.1) is 11.3 Å². The van der Waals surface area contributed by atoms with Gasteiger partial charge >= 0.3 is 0 Å². The summed E-state index contributed by atoms with van der Waals surface area (Å²) in [6.07, 6.45) is 4.58. The number of ketones is 1. The van der Waals surface area contributed by atoms with Gasteiger partial charge in [0.1, 0.15) is 10.6 Å². The molecule has 0 bridgehead atoms. The minimum Gasteiger partial charge on any atom is -0.463 e. The maximum Gasteiger partial charge on any atom is 0.257 e. The first-order chi connectivity index (χ1) is 13.5.